The molecule has 1 aromatic rings. The summed E-state index contributed by atoms with van der Waals surface area (Å²) in [5.74, 6) is -0.0769. The Bertz CT molecular complexity index is 315. The number of carbonyl (C=O) groups is 1. The molecule has 1 atom stereocenters. The van der Waals surface area contributed by atoms with Crippen molar-refractivity contribution in [2.75, 3.05) is 5.32 Å². The maximum Gasteiger partial charge on any atom is 0.237 e. The SMILES string of the molecule is CC(Br)C(=O)Nc1ccncc1Br. The highest BCUT2D eigenvalue weighted by molar-refractivity contribution is 9.10. The van der Waals surface area contributed by atoms with Gasteiger partial charge >= 0.3 is 0 Å². The van der Waals surface area contributed by atoms with Crippen molar-refractivity contribution in [3.8, 4) is 0 Å². The van der Waals surface area contributed by atoms with Gasteiger partial charge < -0.3 is 5.32 Å². The summed E-state index contributed by atoms with van der Waals surface area (Å²) in [7, 11) is 0. The Morgan fingerprint density at radius 2 is 2.38 bits per heavy atom. The zero-order chi connectivity index (χ0) is 9.84. The van der Waals surface area contributed by atoms with Gasteiger partial charge in [0.1, 0.15) is 0 Å². The van der Waals surface area contributed by atoms with Gasteiger partial charge in [-0.15, -0.1) is 0 Å². The van der Waals surface area contributed by atoms with E-state index in [0.29, 0.717) is 0 Å². The first-order chi connectivity index (χ1) is 6.11. The van der Waals surface area contributed by atoms with Crippen molar-refractivity contribution in [1.29, 1.82) is 0 Å². The topological polar surface area (TPSA) is 42.0 Å². The fourth-order valence-electron chi connectivity index (χ4n) is 0.709. The zero-order valence-corrected chi connectivity index (χ0v) is 10.1. The number of amides is 1. The van der Waals surface area contributed by atoms with Gasteiger partial charge in [0.2, 0.25) is 5.91 Å². The third-order valence-electron chi connectivity index (χ3n) is 1.39. The molecule has 0 aliphatic heterocycles. The molecule has 0 saturated heterocycles. The summed E-state index contributed by atoms with van der Waals surface area (Å²) in [5, 5.41) is 2.74. The minimum Gasteiger partial charge on any atom is -0.324 e. The van der Waals surface area contributed by atoms with Gasteiger partial charge in [0.15, 0.2) is 0 Å². The molecule has 5 heteroatoms. The van der Waals surface area contributed by atoms with E-state index >= 15 is 0 Å². The molecular weight excluding hydrogens is 300 g/mol. The summed E-state index contributed by atoms with van der Waals surface area (Å²) in [6, 6.07) is 1.73. The highest BCUT2D eigenvalue weighted by atomic mass is 79.9. The first kappa shape index (κ1) is 10.7. The van der Waals surface area contributed by atoms with Crippen molar-refractivity contribution < 1.29 is 4.79 Å². The molecular formula is C8H8Br2N2O. The molecule has 1 amide bonds. The first-order valence-electron chi connectivity index (χ1n) is 3.65. The van der Waals surface area contributed by atoms with E-state index in [4.69, 9.17) is 0 Å². The number of alkyl halides is 1. The van der Waals surface area contributed by atoms with Crippen LogP contribution < -0.4 is 5.32 Å². The Labute approximate surface area is 93.2 Å². The maximum atomic E-state index is 11.3. The molecule has 13 heavy (non-hydrogen) atoms. The molecule has 0 fully saturated rings. The number of aromatic nitrogens is 1. The van der Waals surface area contributed by atoms with Crippen molar-refractivity contribution in [1.82, 2.24) is 4.98 Å². The smallest absolute Gasteiger partial charge is 0.237 e. The van der Waals surface area contributed by atoms with E-state index < -0.39 is 0 Å². The molecule has 1 unspecified atom stereocenters. The molecule has 0 aliphatic rings. The molecule has 1 heterocycles. The number of anilines is 1. The maximum absolute atomic E-state index is 11.3. The number of hydrogen-bond acceptors (Lipinski definition) is 2. The average Bonchev–Trinajstić information content (AvgIpc) is 2.08. The summed E-state index contributed by atoms with van der Waals surface area (Å²) in [5.41, 5.74) is 0.728. The van der Waals surface area contributed by atoms with Crippen LogP contribution in [0.15, 0.2) is 22.9 Å². The van der Waals surface area contributed by atoms with E-state index in [2.05, 4.69) is 42.2 Å². The van der Waals surface area contributed by atoms with E-state index in [1.807, 2.05) is 0 Å². The van der Waals surface area contributed by atoms with Gasteiger partial charge in [-0.05, 0) is 28.9 Å². The van der Waals surface area contributed by atoms with Gasteiger partial charge in [-0.2, -0.15) is 0 Å². The molecule has 1 rings (SSSR count). The predicted molar refractivity (Wildman–Crippen MR) is 59.0 cm³/mol. The molecule has 1 N–H and O–H groups in total. The lowest BCUT2D eigenvalue weighted by atomic mass is 10.4. The summed E-state index contributed by atoms with van der Waals surface area (Å²) < 4.78 is 0.775. The van der Waals surface area contributed by atoms with Crippen LogP contribution >= 0.6 is 31.9 Å². The van der Waals surface area contributed by atoms with Gasteiger partial charge in [-0.1, -0.05) is 15.9 Å². The van der Waals surface area contributed by atoms with Crippen molar-refractivity contribution >= 4 is 43.5 Å². The minimum absolute atomic E-state index is 0.0769. The number of hydrogen-bond donors (Lipinski definition) is 1. The van der Waals surface area contributed by atoms with Crippen LogP contribution in [0.2, 0.25) is 0 Å². The molecule has 3 nitrogen and oxygen atoms in total. The molecule has 0 saturated carbocycles. The summed E-state index contributed by atoms with van der Waals surface area (Å²) in [6.45, 7) is 1.77. The fraction of sp³-hybridized carbons (Fsp3) is 0.250. The second kappa shape index (κ2) is 4.72. The number of rotatable bonds is 2. The van der Waals surface area contributed by atoms with E-state index in [1.165, 1.54) is 0 Å². The molecule has 0 aromatic carbocycles. The van der Waals surface area contributed by atoms with Gasteiger partial charge in [0.25, 0.3) is 0 Å². The van der Waals surface area contributed by atoms with Crippen molar-refractivity contribution in [2.45, 2.75) is 11.8 Å². The van der Waals surface area contributed by atoms with Crippen LogP contribution in [0.1, 0.15) is 6.92 Å². The minimum atomic E-state index is -0.201. The van der Waals surface area contributed by atoms with Crippen LogP contribution in [0.5, 0.6) is 0 Å². The lowest BCUT2D eigenvalue weighted by Crippen LogP contribution is -2.20. The molecule has 1 aromatic heterocycles. The highest BCUT2D eigenvalue weighted by Gasteiger charge is 2.09. The third-order valence-corrected chi connectivity index (χ3v) is 2.44. The standard InChI is InChI=1S/C8H8Br2N2O/c1-5(9)8(13)12-7-2-3-11-4-6(7)10/h2-5H,1H3,(H,11,12,13). The van der Waals surface area contributed by atoms with Crippen molar-refractivity contribution in [2.24, 2.45) is 0 Å². The van der Waals surface area contributed by atoms with Gasteiger partial charge in [0, 0.05) is 12.4 Å². The molecule has 0 radical (unpaired) electrons. The number of nitrogens with one attached hydrogen (secondary N) is 1. The van der Waals surface area contributed by atoms with Gasteiger partial charge in [-0.25, -0.2) is 0 Å². The lowest BCUT2D eigenvalue weighted by Gasteiger charge is -2.07. The monoisotopic (exact) mass is 306 g/mol. The largest absolute Gasteiger partial charge is 0.324 e. The predicted octanol–water partition coefficient (Wildman–Crippen LogP) is 2.57. The second-order valence-corrected chi connectivity index (χ2v) is 4.69. The normalized spacial score (nSPS) is 12.2. The number of nitrogens with zero attached hydrogens (tertiary/aromatic N) is 1. The van der Waals surface area contributed by atoms with Crippen LogP contribution in [0, 0.1) is 0 Å². The quantitative estimate of drug-likeness (QED) is 0.853. The summed E-state index contributed by atoms with van der Waals surface area (Å²) in [6.07, 6.45) is 3.26. The fourth-order valence-corrected chi connectivity index (χ4v) is 1.17. The lowest BCUT2D eigenvalue weighted by molar-refractivity contribution is -0.115. The number of carbonyl (C=O) groups excluding carboxylic acids is 1. The Kier molecular flexibility index (Phi) is 3.87. The van der Waals surface area contributed by atoms with Crippen LogP contribution in [0.3, 0.4) is 0 Å². The molecule has 0 bridgehead atoms. The average molecular weight is 308 g/mol. The second-order valence-electron chi connectivity index (χ2n) is 2.46. The first-order valence-corrected chi connectivity index (χ1v) is 5.36. The van der Waals surface area contributed by atoms with Crippen LogP contribution in [-0.2, 0) is 4.79 Å². The molecule has 0 spiro atoms. The Hall–Kier alpha value is -0.420. The zero-order valence-electron chi connectivity index (χ0n) is 6.92. The number of pyridine rings is 1. The van der Waals surface area contributed by atoms with Gasteiger partial charge in [0.05, 0.1) is 15.0 Å². The van der Waals surface area contributed by atoms with E-state index in [0.717, 1.165) is 10.2 Å². The van der Waals surface area contributed by atoms with E-state index in [1.54, 1.807) is 25.4 Å². The Balaban J connectivity index is 2.75. The Morgan fingerprint density at radius 3 is 2.92 bits per heavy atom. The summed E-state index contributed by atoms with van der Waals surface area (Å²) >= 11 is 6.46. The van der Waals surface area contributed by atoms with Gasteiger partial charge in [-0.3, -0.25) is 9.78 Å². The number of halogens is 2. The highest BCUT2D eigenvalue weighted by Crippen LogP contribution is 2.20. The third kappa shape index (κ3) is 3.08. The van der Waals surface area contributed by atoms with Crippen LogP contribution in [0.25, 0.3) is 0 Å². The van der Waals surface area contributed by atoms with E-state index in [-0.39, 0.29) is 10.7 Å². The Morgan fingerprint density at radius 1 is 1.69 bits per heavy atom. The molecule has 70 valence electrons. The van der Waals surface area contributed by atoms with Crippen molar-refractivity contribution in [3.63, 3.8) is 0 Å². The van der Waals surface area contributed by atoms with Crippen LogP contribution in [-0.4, -0.2) is 15.7 Å². The van der Waals surface area contributed by atoms with Crippen molar-refractivity contribution in [3.05, 3.63) is 22.9 Å². The van der Waals surface area contributed by atoms with E-state index in [9.17, 15) is 4.79 Å². The molecule has 0 aliphatic carbocycles. The van der Waals surface area contributed by atoms with Crippen LogP contribution in [0.4, 0.5) is 5.69 Å². The summed E-state index contributed by atoms with van der Waals surface area (Å²) in [4.78, 5) is 15.0.